The van der Waals surface area contributed by atoms with Crippen LogP contribution < -0.4 is 10.1 Å². The standard InChI is InChI=1S/C17H14FN3O2S/c18-12-6-10-2-1-3-19-15(10)14(9-12)23-13-7-11(8-13)16(22)21-17-20-4-5-24-17/h1-6,9,11,13H,7-8H2,(H,20,21,22)/t11-,13-. The van der Waals surface area contributed by atoms with Gasteiger partial charge in [0.1, 0.15) is 23.2 Å². The number of hydrogen-bond acceptors (Lipinski definition) is 5. The number of rotatable bonds is 4. The molecule has 0 bridgehead atoms. The van der Waals surface area contributed by atoms with E-state index in [0.29, 0.717) is 34.6 Å². The quantitative estimate of drug-likeness (QED) is 0.786. The molecule has 3 aromatic rings. The number of amides is 1. The fourth-order valence-corrected chi connectivity index (χ4v) is 3.29. The van der Waals surface area contributed by atoms with Crippen molar-refractivity contribution in [1.29, 1.82) is 0 Å². The van der Waals surface area contributed by atoms with E-state index in [4.69, 9.17) is 4.74 Å². The Morgan fingerprint density at radius 1 is 1.29 bits per heavy atom. The number of anilines is 1. The van der Waals surface area contributed by atoms with Crippen molar-refractivity contribution in [3.63, 3.8) is 0 Å². The second-order valence-corrected chi connectivity index (χ2v) is 6.61. The van der Waals surface area contributed by atoms with Gasteiger partial charge in [0.25, 0.3) is 0 Å². The Morgan fingerprint density at radius 2 is 2.17 bits per heavy atom. The van der Waals surface area contributed by atoms with Crippen molar-refractivity contribution in [2.24, 2.45) is 5.92 Å². The zero-order valence-corrected chi connectivity index (χ0v) is 13.4. The molecule has 1 aromatic carbocycles. The minimum Gasteiger partial charge on any atom is -0.488 e. The van der Waals surface area contributed by atoms with Crippen LogP contribution in [0.2, 0.25) is 0 Å². The molecule has 0 spiro atoms. The van der Waals surface area contributed by atoms with E-state index >= 15 is 0 Å². The summed E-state index contributed by atoms with van der Waals surface area (Å²) in [5.41, 5.74) is 0.634. The van der Waals surface area contributed by atoms with Crippen molar-refractivity contribution in [2.45, 2.75) is 18.9 Å². The van der Waals surface area contributed by atoms with Crippen LogP contribution in [0.5, 0.6) is 5.75 Å². The Kier molecular flexibility index (Phi) is 3.86. The summed E-state index contributed by atoms with van der Waals surface area (Å²) in [7, 11) is 0. The largest absolute Gasteiger partial charge is 0.488 e. The van der Waals surface area contributed by atoms with Crippen LogP contribution in [0.15, 0.2) is 42.0 Å². The van der Waals surface area contributed by atoms with Crippen molar-refractivity contribution in [3.8, 4) is 5.75 Å². The number of carbonyl (C=O) groups is 1. The molecule has 122 valence electrons. The zero-order chi connectivity index (χ0) is 16.5. The highest BCUT2D eigenvalue weighted by Crippen LogP contribution is 2.35. The van der Waals surface area contributed by atoms with Gasteiger partial charge in [-0.25, -0.2) is 9.37 Å². The van der Waals surface area contributed by atoms with Crippen LogP contribution >= 0.6 is 11.3 Å². The summed E-state index contributed by atoms with van der Waals surface area (Å²) < 4.78 is 19.6. The van der Waals surface area contributed by atoms with E-state index in [1.807, 2.05) is 5.38 Å². The molecule has 0 saturated heterocycles. The average molecular weight is 343 g/mol. The normalized spacial score (nSPS) is 19.7. The van der Waals surface area contributed by atoms with Gasteiger partial charge < -0.3 is 10.1 Å². The number of fused-ring (bicyclic) bond motifs is 1. The monoisotopic (exact) mass is 343 g/mol. The molecule has 1 aliphatic carbocycles. The third-order valence-corrected chi connectivity index (χ3v) is 4.74. The lowest BCUT2D eigenvalue weighted by Crippen LogP contribution is -2.40. The number of hydrogen-bond donors (Lipinski definition) is 1. The molecule has 1 fully saturated rings. The maximum atomic E-state index is 13.7. The number of carbonyl (C=O) groups excluding carboxylic acids is 1. The maximum absolute atomic E-state index is 13.7. The van der Waals surface area contributed by atoms with Crippen LogP contribution in [0.3, 0.4) is 0 Å². The smallest absolute Gasteiger partial charge is 0.229 e. The summed E-state index contributed by atoms with van der Waals surface area (Å²) in [4.78, 5) is 20.4. The third kappa shape index (κ3) is 2.94. The van der Waals surface area contributed by atoms with Crippen molar-refractivity contribution < 1.29 is 13.9 Å². The Bertz CT molecular complexity index is 879. The predicted octanol–water partition coefficient (Wildman–Crippen LogP) is 3.63. The molecule has 1 N–H and O–H groups in total. The molecule has 2 aromatic heterocycles. The first-order valence-corrected chi connectivity index (χ1v) is 8.48. The molecule has 1 aliphatic rings. The van der Waals surface area contributed by atoms with Gasteiger partial charge in [0.05, 0.1) is 0 Å². The van der Waals surface area contributed by atoms with Crippen molar-refractivity contribution in [3.05, 3.63) is 47.9 Å². The number of aromatic nitrogens is 2. The SMILES string of the molecule is O=C(Nc1nccs1)[C@H]1C[C@H](Oc2cc(F)cc3cccnc23)C1. The third-order valence-electron chi connectivity index (χ3n) is 4.06. The van der Waals surface area contributed by atoms with Gasteiger partial charge >= 0.3 is 0 Å². The minimum atomic E-state index is -0.358. The van der Waals surface area contributed by atoms with Crippen LogP contribution in [0.25, 0.3) is 10.9 Å². The van der Waals surface area contributed by atoms with Gasteiger partial charge in [0.15, 0.2) is 5.13 Å². The summed E-state index contributed by atoms with van der Waals surface area (Å²) in [5, 5.41) is 5.90. The van der Waals surface area contributed by atoms with Crippen LogP contribution in [0.1, 0.15) is 12.8 Å². The molecule has 0 atom stereocenters. The Morgan fingerprint density at radius 3 is 2.96 bits per heavy atom. The van der Waals surface area contributed by atoms with Crippen LogP contribution in [0.4, 0.5) is 9.52 Å². The van der Waals surface area contributed by atoms with Crippen molar-refractivity contribution in [1.82, 2.24) is 9.97 Å². The Hall–Kier alpha value is -2.54. The van der Waals surface area contributed by atoms with E-state index in [-0.39, 0.29) is 23.7 Å². The molecule has 24 heavy (non-hydrogen) atoms. The van der Waals surface area contributed by atoms with E-state index in [9.17, 15) is 9.18 Å². The first-order valence-electron chi connectivity index (χ1n) is 7.60. The number of pyridine rings is 1. The average Bonchev–Trinajstić information content (AvgIpc) is 3.02. The molecule has 2 heterocycles. The number of ether oxygens (including phenoxy) is 1. The van der Waals surface area contributed by atoms with Gasteiger partial charge in [-0.15, -0.1) is 11.3 Å². The fraction of sp³-hybridized carbons (Fsp3) is 0.235. The Labute approximate surface area is 141 Å². The summed E-state index contributed by atoms with van der Waals surface area (Å²) >= 11 is 1.39. The van der Waals surface area contributed by atoms with E-state index < -0.39 is 0 Å². The van der Waals surface area contributed by atoms with E-state index in [1.54, 1.807) is 24.5 Å². The Balaban J connectivity index is 1.41. The second-order valence-electron chi connectivity index (χ2n) is 5.71. The molecule has 5 nitrogen and oxygen atoms in total. The lowest BCUT2D eigenvalue weighted by molar-refractivity contribution is -0.125. The zero-order valence-electron chi connectivity index (χ0n) is 12.6. The highest BCUT2D eigenvalue weighted by molar-refractivity contribution is 7.13. The molecular weight excluding hydrogens is 329 g/mol. The van der Waals surface area contributed by atoms with Crippen LogP contribution in [-0.2, 0) is 4.79 Å². The van der Waals surface area contributed by atoms with Gasteiger partial charge in [-0.3, -0.25) is 9.78 Å². The van der Waals surface area contributed by atoms with E-state index in [2.05, 4.69) is 15.3 Å². The fourth-order valence-electron chi connectivity index (χ4n) is 2.76. The maximum Gasteiger partial charge on any atom is 0.229 e. The summed E-state index contributed by atoms with van der Waals surface area (Å²) in [5.74, 6) is -0.0871. The van der Waals surface area contributed by atoms with Gasteiger partial charge in [-0.2, -0.15) is 0 Å². The second kappa shape index (κ2) is 6.16. The molecule has 0 unspecified atom stereocenters. The molecular formula is C17H14FN3O2S. The molecule has 7 heteroatoms. The topological polar surface area (TPSA) is 64.1 Å². The first-order chi connectivity index (χ1) is 11.7. The van der Waals surface area contributed by atoms with Gasteiger partial charge in [0.2, 0.25) is 5.91 Å². The van der Waals surface area contributed by atoms with Gasteiger partial charge in [0, 0.05) is 35.1 Å². The lowest BCUT2D eigenvalue weighted by atomic mass is 9.81. The number of thiazole rings is 1. The molecule has 1 saturated carbocycles. The first kappa shape index (κ1) is 15.0. The summed E-state index contributed by atoms with van der Waals surface area (Å²) in [6, 6.07) is 6.33. The van der Waals surface area contributed by atoms with Gasteiger partial charge in [-0.1, -0.05) is 6.07 Å². The highest BCUT2D eigenvalue weighted by Gasteiger charge is 2.36. The highest BCUT2D eigenvalue weighted by atomic mass is 32.1. The number of benzene rings is 1. The molecule has 1 amide bonds. The van der Waals surface area contributed by atoms with Crippen LogP contribution in [0, 0.1) is 11.7 Å². The van der Waals surface area contributed by atoms with E-state index in [0.717, 1.165) is 0 Å². The summed E-state index contributed by atoms with van der Waals surface area (Å²) in [6.07, 6.45) is 4.39. The number of nitrogens with one attached hydrogen (secondary N) is 1. The number of halogens is 1. The minimum absolute atomic E-state index is 0.0491. The van der Waals surface area contributed by atoms with Gasteiger partial charge in [-0.05, 0) is 25.0 Å². The predicted molar refractivity (Wildman–Crippen MR) is 89.6 cm³/mol. The number of nitrogens with zero attached hydrogens (tertiary/aromatic N) is 2. The molecule has 4 rings (SSSR count). The van der Waals surface area contributed by atoms with Crippen molar-refractivity contribution >= 4 is 33.3 Å². The van der Waals surface area contributed by atoms with Crippen LogP contribution in [-0.4, -0.2) is 22.0 Å². The molecule has 0 radical (unpaired) electrons. The van der Waals surface area contributed by atoms with E-state index in [1.165, 1.54) is 23.5 Å². The lowest BCUT2D eigenvalue weighted by Gasteiger charge is -2.34. The summed E-state index contributed by atoms with van der Waals surface area (Å²) in [6.45, 7) is 0. The molecule has 0 aliphatic heterocycles. The van der Waals surface area contributed by atoms with Crippen molar-refractivity contribution in [2.75, 3.05) is 5.32 Å².